The van der Waals surface area contributed by atoms with Gasteiger partial charge in [0.15, 0.2) is 0 Å². The van der Waals surface area contributed by atoms with Gasteiger partial charge in [-0.2, -0.15) is 0 Å². The largest absolute Gasteiger partial charge is 0.144 e. The van der Waals surface area contributed by atoms with Gasteiger partial charge in [-0.15, -0.1) is 5.54 Å². The molecule has 0 nitrogen and oxygen atoms in total. The molecule has 2 radical (unpaired) electrons. The van der Waals surface area contributed by atoms with E-state index in [0.29, 0.717) is 0 Å². The zero-order valence-corrected chi connectivity index (χ0v) is 7.81. The molecule has 1 rings (SSSR count). The maximum absolute atomic E-state index is 3.08. The van der Waals surface area contributed by atoms with Crippen molar-refractivity contribution in [3.8, 4) is 11.5 Å². The van der Waals surface area contributed by atoms with Crippen molar-refractivity contribution >= 4 is 9.52 Å². The van der Waals surface area contributed by atoms with Crippen LogP contribution in [0.4, 0.5) is 0 Å². The lowest BCUT2D eigenvalue weighted by Crippen LogP contribution is -1.76. The van der Waals surface area contributed by atoms with Crippen LogP contribution < -0.4 is 0 Å². The van der Waals surface area contributed by atoms with Gasteiger partial charge in [-0.3, -0.25) is 0 Å². The summed E-state index contributed by atoms with van der Waals surface area (Å²) in [7, 11) is 0.719. The number of rotatable bonds is 0. The zero-order valence-electron chi connectivity index (χ0n) is 6.81. The normalized spacial score (nSPS) is 8.55. The Hall–Kier alpha value is -1.00. The molecule has 0 heterocycles. The van der Waals surface area contributed by atoms with Crippen LogP contribution >= 0.6 is 0 Å². The van der Waals surface area contributed by atoms with Gasteiger partial charge < -0.3 is 0 Å². The predicted molar refractivity (Wildman–Crippen MR) is 49.7 cm³/mol. The van der Waals surface area contributed by atoms with Gasteiger partial charge in [0.1, 0.15) is 9.52 Å². The van der Waals surface area contributed by atoms with Crippen LogP contribution in [-0.4, -0.2) is 9.52 Å². The van der Waals surface area contributed by atoms with Crippen LogP contribution in [0.3, 0.4) is 0 Å². The van der Waals surface area contributed by atoms with Crippen molar-refractivity contribution in [2.75, 3.05) is 0 Å². The molecule has 1 aromatic rings. The first-order valence-electron chi connectivity index (χ1n) is 3.57. The molecule has 11 heavy (non-hydrogen) atoms. The van der Waals surface area contributed by atoms with Crippen molar-refractivity contribution < 1.29 is 0 Å². The van der Waals surface area contributed by atoms with Gasteiger partial charge >= 0.3 is 0 Å². The summed E-state index contributed by atoms with van der Waals surface area (Å²) in [6, 6.07) is 8.29. The van der Waals surface area contributed by atoms with E-state index in [1.165, 1.54) is 5.56 Å². The summed E-state index contributed by atoms with van der Waals surface area (Å²) in [5.74, 6) is 3.08. The molecule has 0 aliphatic heterocycles. The number of hydrogen-bond donors (Lipinski definition) is 0. The lowest BCUT2D eigenvalue weighted by Gasteiger charge is -1.90. The topological polar surface area (TPSA) is 0 Å². The molecule has 0 bridgehead atoms. The van der Waals surface area contributed by atoms with Gasteiger partial charge in [-0.05, 0) is 19.1 Å². The smallest absolute Gasteiger partial charge is 0.130 e. The lowest BCUT2D eigenvalue weighted by atomic mass is 10.2. The SMILES string of the molecule is C[Si]C#Cc1ccc(C)cc1. The highest BCUT2D eigenvalue weighted by atomic mass is 28.2. The molecule has 0 atom stereocenters. The summed E-state index contributed by atoms with van der Waals surface area (Å²) in [6.07, 6.45) is 0. The molecule has 0 aliphatic carbocycles. The Morgan fingerprint density at radius 1 is 1.18 bits per heavy atom. The van der Waals surface area contributed by atoms with Crippen LogP contribution in [0.1, 0.15) is 11.1 Å². The van der Waals surface area contributed by atoms with E-state index in [9.17, 15) is 0 Å². The Kier molecular flexibility index (Phi) is 2.94. The summed E-state index contributed by atoms with van der Waals surface area (Å²) in [6.45, 7) is 4.17. The second-order valence-electron chi connectivity index (χ2n) is 2.37. The van der Waals surface area contributed by atoms with Gasteiger partial charge in [0.05, 0.1) is 0 Å². The monoisotopic (exact) mass is 158 g/mol. The fourth-order valence-corrected chi connectivity index (χ4v) is 1.04. The average molecular weight is 158 g/mol. The Labute approximate surface area is 70.5 Å². The van der Waals surface area contributed by atoms with E-state index in [-0.39, 0.29) is 0 Å². The van der Waals surface area contributed by atoms with Gasteiger partial charge in [0.2, 0.25) is 0 Å². The van der Waals surface area contributed by atoms with Crippen molar-refractivity contribution in [3.63, 3.8) is 0 Å². The highest BCUT2D eigenvalue weighted by Gasteiger charge is 1.84. The molecule has 1 aromatic carbocycles. The van der Waals surface area contributed by atoms with Crippen LogP contribution in [-0.2, 0) is 0 Å². The Morgan fingerprint density at radius 3 is 2.36 bits per heavy atom. The van der Waals surface area contributed by atoms with Crippen LogP contribution in [0.2, 0.25) is 6.55 Å². The fraction of sp³-hybridized carbons (Fsp3) is 0.200. The number of benzene rings is 1. The summed E-state index contributed by atoms with van der Waals surface area (Å²) in [5, 5.41) is 0. The van der Waals surface area contributed by atoms with E-state index in [2.05, 4.69) is 49.2 Å². The molecular formula is C10H10Si. The van der Waals surface area contributed by atoms with E-state index in [1.54, 1.807) is 0 Å². The Balaban J connectivity index is 2.82. The van der Waals surface area contributed by atoms with Crippen molar-refractivity contribution in [2.24, 2.45) is 0 Å². The van der Waals surface area contributed by atoms with Crippen molar-refractivity contribution in [1.82, 2.24) is 0 Å². The van der Waals surface area contributed by atoms with Crippen LogP contribution in [0.15, 0.2) is 24.3 Å². The van der Waals surface area contributed by atoms with Gasteiger partial charge in [0.25, 0.3) is 0 Å². The minimum atomic E-state index is 0.719. The first-order chi connectivity index (χ1) is 5.33. The molecule has 1 heteroatoms. The number of aryl methyl sites for hydroxylation is 1. The van der Waals surface area contributed by atoms with Crippen LogP contribution in [0.25, 0.3) is 0 Å². The molecular weight excluding hydrogens is 148 g/mol. The third-order valence-electron chi connectivity index (χ3n) is 1.38. The highest BCUT2D eigenvalue weighted by molar-refractivity contribution is 6.44. The van der Waals surface area contributed by atoms with Crippen molar-refractivity contribution in [3.05, 3.63) is 35.4 Å². The van der Waals surface area contributed by atoms with E-state index in [0.717, 1.165) is 15.1 Å². The minimum absolute atomic E-state index is 0.719. The molecule has 0 fully saturated rings. The summed E-state index contributed by atoms with van der Waals surface area (Å²) >= 11 is 0. The highest BCUT2D eigenvalue weighted by Crippen LogP contribution is 2.00. The Morgan fingerprint density at radius 2 is 1.82 bits per heavy atom. The quantitative estimate of drug-likeness (QED) is 0.400. The van der Waals surface area contributed by atoms with Gasteiger partial charge in [-0.25, -0.2) is 0 Å². The summed E-state index contributed by atoms with van der Waals surface area (Å²) in [4.78, 5) is 0. The average Bonchev–Trinajstić information content (AvgIpc) is 2.04. The second-order valence-corrected chi connectivity index (χ2v) is 3.12. The molecule has 0 spiro atoms. The Bertz CT molecular complexity index is 274. The van der Waals surface area contributed by atoms with E-state index >= 15 is 0 Å². The van der Waals surface area contributed by atoms with Crippen LogP contribution in [0.5, 0.6) is 0 Å². The first kappa shape index (κ1) is 8.10. The maximum Gasteiger partial charge on any atom is 0.144 e. The first-order valence-corrected chi connectivity index (χ1v) is 5.07. The van der Waals surface area contributed by atoms with E-state index < -0.39 is 0 Å². The van der Waals surface area contributed by atoms with Crippen LogP contribution in [0, 0.1) is 18.4 Å². The second kappa shape index (κ2) is 4.00. The van der Waals surface area contributed by atoms with Gasteiger partial charge in [0, 0.05) is 5.56 Å². The molecule has 0 N–H and O–H groups in total. The summed E-state index contributed by atoms with van der Waals surface area (Å²) < 4.78 is 0. The standard InChI is InChI=1S/C10H10Si/c1-9-3-5-10(6-4-9)7-8-11-2/h3-6H,1-2H3. The lowest BCUT2D eigenvalue weighted by molar-refractivity contribution is 1.46. The van der Waals surface area contributed by atoms with Crippen molar-refractivity contribution in [1.29, 1.82) is 0 Å². The third kappa shape index (κ3) is 2.61. The number of hydrogen-bond acceptors (Lipinski definition) is 0. The molecule has 0 amide bonds. The fourth-order valence-electron chi connectivity index (χ4n) is 0.772. The molecule has 54 valence electrons. The molecule has 0 saturated heterocycles. The minimum Gasteiger partial charge on any atom is -0.130 e. The van der Waals surface area contributed by atoms with E-state index in [1.807, 2.05) is 0 Å². The maximum atomic E-state index is 3.08. The third-order valence-corrected chi connectivity index (χ3v) is 1.76. The van der Waals surface area contributed by atoms with Crippen molar-refractivity contribution in [2.45, 2.75) is 13.5 Å². The van der Waals surface area contributed by atoms with Gasteiger partial charge in [-0.1, -0.05) is 30.2 Å². The zero-order chi connectivity index (χ0) is 8.10. The molecule has 0 aromatic heterocycles. The molecule has 0 unspecified atom stereocenters. The predicted octanol–water partition coefficient (Wildman–Crippen LogP) is 2.06. The van der Waals surface area contributed by atoms with E-state index in [4.69, 9.17) is 0 Å². The molecule has 0 aliphatic rings. The molecule has 0 saturated carbocycles. The summed E-state index contributed by atoms with van der Waals surface area (Å²) in [5.41, 5.74) is 5.46.